The maximum absolute atomic E-state index is 12.3. The van der Waals surface area contributed by atoms with Gasteiger partial charge in [-0.3, -0.25) is 14.5 Å². The molecule has 0 saturated carbocycles. The number of benzene rings is 1. The molecule has 0 unspecified atom stereocenters. The molecule has 1 aromatic carbocycles. The Balaban J connectivity index is 1.75. The van der Waals surface area contributed by atoms with Crippen LogP contribution in [-0.2, 0) is 4.79 Å². The number of rotatable bonds is 3. The van der Waals surface area contributed by atoms with Crippen molar-refractivity contribution in [1.29, 1.82) is 0 Å². The maximum Gasteiger partial charge on any atom is 0.180 e. The summed E-state index contributed by atoms with van der Waals surface area (Å²) in [4.78, 5) is 25.5. The first-order chi connectivity index (χ1) is 9.24. The minimum atomic E-state index is 0.0549. The molecule has 0 N–H and O–H groups in total. The maximum atomic E-state index is 12.3. The molecule has 1 aliphatic heterocycles. The molecule has 4 nitrogen and oxygen atoms in total. The van der Waals surface area contributed by atoms with E-state index in [-0.39, 0.29) is 11.6 Å². The Kier molecular flexibility index (Phi) is 3.17. The zero-order valence-electron chi connectivity index (χ0n) is 10.6. The summed E-state index contributed by atoms with van der Waals surface area (Å²) in [6.45, 7) is 1.72. The molecule has 0 radical (unpaired) electrons. The van der Waals surface area contributed by atoms with Gasteiger partial charge in [-0.1, -0.05) is 18.2 Å². The van der Waals surface area contributed by atoms with Gasteiger partial charge >= 0.3 is 0 Å². The fourth-order valence-electron chi connectivity index (χ4n) is 2.44. The SMILES string of the molecule is O=C1CCN(CC(=O)c2coc3ccccc23)CC1. The van der Waals surface area contributed by atoms with Crippen LogP contribution in [0.3, 0.4) is 0 Å². The second-order valence-electron chi connectivity index (χ2n) is 4.88. The highest BCUT2D eigenvalue weighted by atomic mass is 16.3. The van der Waals surface area contributed by atoms with Gasteiger partial charge in [0, 0.05) is 31.3 Å². The molecule has 0 bridgehead atoms. The average molecular weight is 257 g/mol. The van der Waals surface area contributed by atoms with Gasteiger partial charge in [-0.05, 0) is 6.07 Å². The molecule has 0 aliphatic carbocycles. The van der Waals surface area contributed by atoms with Crippen molar-refractivity contribution in [3.63, 3.8) is 0 Å². The fourth-order valence-corrected chi connectivity index (χ4v) is 2.44. The van der Waals surface area contributed by atoms with Crippen molar-refractivity contribution in [2.45, 2.75) is 12.8 Å². The Morgan fingerprint density at radius 1 is 1.21 bits per heavy atom. The van der Waals surface area contributed by atoms with Gasteiger partial charge in [0.1, 0.15) is 17.6 Å². The topological polar surface area (TPSA) is 50.5 Å². The third kappa shape index (κ3) is 2.44. The lowest BCUT2D eigenvalue weighted by atomic mass is 10.1. The number of ketones is 2. The molecule has 3 rings (SSSR count). The van der Waals surface area contributed by atoms with Gasteiger partial charge < -0.3 is 4.42 Å². The standard InChI is InChI=1S/C15H15NO3/c17-11-5-7-16(8-6-11)9-14(18)13-10-19-15-4-2-1-3-12(13)15/h1-4,10H,5-9H2. The average Bonchev–Trinajstić information content (AvgIpc) is 2.85. The molecule has 1 saturated heterocycles. The molecule has 0 atom stereocenters. The highest BCUT2D eigenvalue weighted by molar-refractivity contribution is 6.08. The van der Waals surface area contributed by atoms with E-state index in [2.05, 4.69) is 0 Å². The van der Waals surface area contributed by atoms with Crippen molar-refractivity contribution in [3.05, 3.63) is 36.1 Å². The summed E-state index contributed by atoms with van der Waals surface area (Å²) in [7, 11) is 0. The van der Waals surface area contributed by atoms with Crippen LogP contribution in [0.4, 0.5) is 0 Å². The first-order valence-electron chi connectivity index (χ1n) is 6.47. The van der Waals surface area contributed by atoms with Crippen molar-refractivity contribution in [2.24, 2.45) is 0 Å². The Hall–Kier alpha value is -1.94. The zero-order chi connectivity index (χ0) is 13.2. The summed E-state index contributed by atoms with van der Waals surface area (Å²) in [6.07, 6.45) is 2.64. The number of likely N-dealkylation sites (tertiary alicyclic amines) is 1. The molecule has 0 amide bonds. The largest absolute Gasteiger partial charge is 0.464 e. The second-order valence-corrected chi connectivity index (χ2v) is 4.88. The monoisotopic (exact) mass is 257 g/mol. The summed E-state index contributed by atoms with van der Waals surface area (Å²) >= 11 is 0. The van der Waals surface area contributed by atoms with Crippen LogP contribution >= 0.6 is 0 Å². The van der Waals surface area contributed by atoms with Crippen LogP contribution in [0.1, 0.15) is 23.2 Å². The normalized spacial score (nSPS) is 16.9. The van der Waals surface area contributed by atoms with Crippen molar-refractivity contribution >= 4 is 22.5 Å². The minimum Gasteiger partial charge on any atom is -0.464 e. The molecule has 1 aliphatic rings. The molecule has 19 heavy (non-hydrogen) atoms. The first-order valence-corrected chi connectivity index (χ1v) is 6.47. The van der Waals surface area contributed by atoms with E-state index < -0.39 is 0 Å². The van der Waals surface area contributed by atoms with Crippen molar-refractivity contribution < 1.29 is 14.0 Å². The van der Waals surface area contributed by atoms with E-state index in [0.717, 1.165) is 11.0 Å². The molecular weight excluding hydrogens is 242 g/mol. The van der Waals surface area contributed by atoms with Crippen LogP contribution in [0, 0.1) is 0 Å². The van der Waals surface area contributed by atoms with Crippen LogP contribution in [-0.4, -0.2) is 36.1 Å². The van der Waals surface area contributed by atoms with Gasteiger partial charge in [-0.25, -0.2) is 0 Å². The van der Waals surface area contributed by atoms with E-state index in [0.29, 0.717) is 38.0 Å². The number of nitrogens with zero attached hydrogens (tertiary/aromatic N) is 1. The van der Waals surface area contributed by atoms with E-state index in [1.807, 2.05) is 29.2 Å². The molecule has 2 aromatic rings. The van der Waals surface area contributed by atoms with E-state index >= 15 is 0 Å². The summed E-state index contributed by atoms with van der Waals surface area (Å²) < 4.78 is 5.38. The number of para-hydroxylation sites is 1. The number of piperidine rings is 1. The summed E-state index contributed by atoms with van der Waals surface area (Å²) in [5.74, 6) is 0.344. The zero-order valence-corrected chi connectivity index (χ0v) is 10.6. The lowest BCUT2D eigenvalue weighted by Gasteiger charge is -2.24. The Bertz CT molecular complexity index is 619. The number of hydrogen-bond acceptors (Lipinski definition) is 4. The molecular formula is C15H15NO3. The second kappa shape index (κ2) is 4.97. The van der Waals surface area contributed by atoms with Crippen LogP contribution < -0.4 is 0 Å². The van der Waals surface area contributed by atoms with Crippen LogP contribution in [0.2, 0.25) is 0 Å². The lowest BCUT2D eigenvalue weighted by Crippen LogP contribution is -2.37. The van der Waals surface area contributed by atoms with Gasteiger partial charge in [0.15, 0.2) is 5.78 Å². The number of Topliss-reactive ketones (excluding diaryl/α,β-unsaturated/α-hetero) is 2. The number of hydrogen-bond donors (Lipinski definition) is 0. The Labute approximate surface area is 111 Å². The van der Waals surface area contributed by atoms with Crippen LogP contribution in [0.5, 0.6) is 0 Å². The van der Waals surface area contributed by atoms with Crippen molar-refractivity contribution in [3.8, 4) is 0 Å². The third-order valence-electron chi connectivity index (χ3n) is 3.56. The highest BCUT2D eigenvalue weighted by Crippen LogP contribution is 2.21. The fraction of sp³-hybridized carbons (Fsp3) is 0.333. The highest BCUT2D eigenvalue weighted by Gasteiger charge is 2.21. The lowest BCUT2D eigenvalue weighted by molar-refractivity contribution is -0.121. The molecule has 1 fully saturated rings. The molecule has 98 valence electrons. The Morgan fingerprint density at radius 3 is 2.74 bits per heavy atom. The summed E-state index contributed by atoms with van der Waals surface area (Å²) in [5.41, 5.74) is 1.37. The van der Waals surface area contributed by atoms with Crippen LogP contribution in [0.25, 0.3) is 11.0 Å². The minimum absolute atomic E-state index is 0.0549. The van der Waals surface area contributed by atoms with Gasteiger partial charge in [0.05, 0.1) is 12.1 Å². The number of furan rings is 1. The quantitative estimate of drug-likeness (QED) is 0.791. The van der Waals surface area contributed by atoms with Crippen molar-refractivity contribution in [1.82, 2.24) is 4.90 Å². The first kappa shape index (κ1) is 12.1. The predicted molar refractivity (Wildman–Crippen MR) is 71.2 cm³/mol. The van der Waals surface area contributed by atoms with Gasteiger partial charge in [0.2, 0.25) is 0 Å². The predicted octanol–water partition coefficient (Wildman–Crippen LogP) is 2.28. The third-order valence-corrected chi connectivity index (χ3v) is 3.56. The van der Waals surface area contributed by atoms with Gasteiger partial charge in [-0.15, -0.1) is 0 Å². The summed E-state index contributed by atoms with van der Waals surface area (Å²) in [6, 6.07) is 7.53. The molecule has 2 heterocycles. The van der Waals surface area contributed by atoms with Gasteiger partial charge in [0.25, 0.3) is 0 Å². The number of fused-ring (bicyclic) bond motifs is 1. The Morgan fingerprint density at radius 2 is 1.95 bits per heavy atom. The van der Waals surface area contributed by atoms with Gasteiger partial charge in [-0.2, -0.15) is 0 Å². The summed E-state index contributed by atoms with van der Waals surface area (Å²) in [5, 5.41) is 0.862. The van der Waals surface area contributed by atoms with Crippen molar-refractivity contribution in [2.75, 3.05) is 19.6 Å². The van der Waals surface area contributed by atoms with Crippen LogP contribution in [0.15, 0.2) is 34.9 Å². The number of carbonyl (C=O) groups excluding carboxylic acids is 2. The molecule has 4 heteroatoms. The molecule has 0 spiro atoms. The number of carbonyl (C=O) groups is 2. The molecule has 1 aromatic heterocycles. The van der Waals surface area contributed by atoms with E-state index in [1.54, 1.807) is 0 Å². The van der Waals surface area contributed by atoms with E-state index in [4.69, 9.17) is 4.42 Å². The van der Waals surface area contributed by atoms with E-state index in [9.17, 15) is 9.59 Å². The smallest absolute Gasteiger partial charge is 0.180 e. The van der Waals surface area contributed by atoms with E-state index in [1.165, 1.54) is 6.26 Å².